The Balaban J connectivity index is 1.58. The molecule has 0 radical (unpaired) electrons. The number of amides is 1. The van der Waals surface area contributed by atoms with Gasteiger partial charge in [-0.2, -0.15) is 5.10 Å². The zero-order chi connectivity index (χ0) is 20.9. The van der Waals surface area contributed by atoms with Crippen molar-refractivity contribution in [2.45, 2.75) is 0 Å². The van der Waals surface area contributed by atoms with Crippen molar-refractivity contribution in [1.29, 1.82) is 0 Å². The van der Waals surface area contributed by atoms with Crippen LogP contribution in [0.25, 0.3) is 16.9 Å². The highest BCUT2D eigenvalue weighted by Crippen LogP contribution is 2.26. The maximum atomic E-state index is 12.8. The van der Waals surface area contributed by atoms with Gasteiger partial charge in [-0.15, -0.1) is 0 Å². The van der Waals surface area contributed by atoms with Gasteiger partial charge in [0, 0.05) is 29.9 Å². The molecule has 30 heavy (non-hydrogen) atoms. The molecule has 154 valence electrons. The van der Waals surface area contributed by atoms with Crippen LogP contribution in [0.1, 0.15) is 10.4 Å². The van der Waals surface area contributed by atoms with Crippen LogP contribution in [0.2, 0.25) is 5.02 Å². The van der Waals surface area contributed by atoms with Crippen LogP contribution in [0.4, 0.5) is 0 Å². The normalized spacial score (nSPS) is 13.8. The Kier molecular flexibility index (Phi) is 6.11. The van der Waals surface area contributed by atoms with Gasteiger partial charge in [0.2, 0.25) is 0 Å². The van der Waals surface area contributed by atoms with Crippen LogP contribution in [-0.4, -0.2) is 59.5 Å². The number of hydrogen-bond donors (Lipinski definition) is 0. The van der Waals surface area contributed by atoms with Crippen molar-refractivity contribution < 1.29 is 19.1 Å². The first-order chi connectivity index (χ1) is 14.6. The number of benzene rings is 2. The second-order valence-electron chi connectivity index (χ2n) is 6.75. The third-order valence-electron chi connectivity index (χ3n) is 4.76. The van der Waals surface area contributed by atoms with Crippen LogP contribution in [0.3, 0.4) is 0 Å². The molecule has 1 amide bonds. The lowest BCUT2D eigenvalue weighted by atomic mass is 10.1. The zero-order valence-electron chi connectivity index (χ0n) is 16.2. The van der Waals surface area contributed by atoms with Crippen LogP contribution in [0.5, 0.6) is 0 Å². The Labute approximate surface area is 178 Å². The summed E-state index contributed by atoms with van der Waals surface area (Å²) in [5.41, 5.74) is 2.26. The Morgan fingerprint density at radius 2 is 1.73 bits per heavy atom. The fraction of sp³-hybridized carbons (Fsp3) is 0.227. The first kappa shape index (κ1) is 20.1. The summed E-state index contributed by atoms with van der Waals surface area (Å²) in [6.07, 6.45) is 1.61. The monoisotopic (exact) mass is 425 g/mol. The molecule has 2 aromatic carbocycles. The number of morpholine rings is 1. The number of aromatic nitrogens is 2. The van der Waals surface area contributed by atoms with Gasteiger partial charge in [-0.3, -0.25) is 4.79 Å². The van der Waals surface area contributed by atoms with E-state index in [-0.39, 0.29) is 18.1 Å². The lowest BCUT2D eigenvalue weighted by molar-refractivity contribution is -0.138. The highest BCUT2D eigenvalue weighted by molar-refractivity contribution is 6.30. The van der Waals surface area contributed by atoms with Gasteiger partial charge in [-0.25, -0.2) is 9.48 Å². The summed E-state index contributed by atoms with van der Waals surface area (Å²) < 4.78 is 12.2. The molecule has 0 saturated carbocycles. The van der Waals surface area contributed by atoms with E-state index in [0.29, 0.717) is 37.0 Å². The second kappa shape index (κ2) is 9.11. The molecule has 0 bridgehead atoms. The smallest absolute Gasteiger partial charge is 0.342 e. The molecule has 0 spiro atoms. The third kappa shape index (κ3) is 4.53. The van der Waals surface area contributed by atoms with Crippen molar-refractivity contribution in [1.82, 2.24) is 14.7 Å². The van der Waals surface area contributed by atoms with Crippen LogP contribution in [0.15, 0.2) is 60.8 Å². The molecule has 0 atom stereocenters. The molecule has 1 aliphatic heterocycles. The van der Waals surface area contributed by atoms with E-state index in [9.17, 15) is 9.59 Å². The Hall–Kier alpha value is -3.16. The molecule has 2 heterocycles. The lowest BCUT2D eigenvalue weighted by Crippen LogP contribution is -2.42. The lowest BCUT2D eigenvalue weighted by Gasteiger charge is -2.26. The van der Waals surface area contributed by atoms with Gasteiger partial charge in [-0.05, 0) is 24.3 Å². The molecule has 1 aliphatic rings. The fourth-order valence-corrected chi connectivity index (χ4v) is 3.29. The van der Waals surface area contributed by atoms with E-state index in [2.05, 4.69) is 5.10 Å². The molecule has 4 rings (SSSR count). The van der Waals surface area contributed by atoms with E-state index in [1.807, 2.05) is 30.3 Å². The quantitative estimate of drug-likeness (QED) is 0.587. The van der Waals surface area contributed by atoms with Crippen molar-refractivity contribution in [3.8, 4) is 16.9 Å². The summed E-state index contributed by atoms with van der Waals surface area (Å²) in [5.74, 6) is -0.848. The number of ether oxygens (including phenoxy) is 2. The Morgan fingerprint density at radius 1 is 1.03 bits per heavy atom. The predicted molar refractivity (Wildman–Crippen MR) is 112 cm³/mol. The molecule has 0 unspecified atom stereocenters. The second-order valence-corrected chi connectivity index (χ2v) is 7.18. The minimum Gasteiger partial charge on any atom is -0.452 e. The van der Waals surface area contributed by atoms with Crippen molar-refractivity contribution in [3.63, 3.8) is 0 Å². The predicted octanol–water partition coefficient (Wildman–Crippen LogP) is 3.21. The summed E-state index contributed by atoms with van der Waals surface area (Å²) in [7, 11) is 0. The number of carbonyl (C=O) groups excluding carboxylic acids is 2. The summed E-state index contributed by atoms with van der Waals surface area (Å²) in [6, 6.07) is 16.5. The van der Waals surface area contributed by atoms with Crippen molar-refractivity contribution in [3.05, 3.63) is 71.4 Å². The average molecular weight is 426 g/mol. The number of nitrogens with zero attached hydrogens (tertiary/aromatic N) is 3. The minimum absolute atomic E-state index is 0.241. The first-order valence-corrected chi connectivity index (χ1v) is 9.93. The number of carbonyl (C=O) groups is 2. The van der Waals surface area contributed by atoms with E-state index >= 15 is 0 Å². The molecule has 7 nitrogen and oxygen atoms in total. The Bertz CT molecular complexity index is 1030. The van der Waals surface area contributed by atoms with E-state index in [1.165, 1.54) is 0 Å². The molecular weight excluding hydrogens is 406 g/mol. The Morgan fingerprint density at radius 3 is 2.43 bits per heavy atom. The van der Waals surface area contributed by atoms with Gasteiger partial charge in [0.05, 0.1) is 18.9 Å². The SMILES string of the molecule is O=C(OCC(=O)N1CCOCC1)c1cn(-c2ccccc2)nc1-c1ccc(Cl)cc1. The number of rotatable bonds is 5. The van der Waals surface area contributed by atoms with Gasteiger partial charge >= 0.3 is 5.97 Å². The fourth-order valence-electron chi connectivity index (χ4n) is 3.17. The maximum Gasteiger partial charge on any atom is 0.342 e. The molecule has 0 N–H and O–H groups in total. The van der Waals surface area contributed by atoms with Crippen LogP contribution in [-0.2, 0) is 14.3 Å². The highest BCUT2D eigenvalue weighted by Gasteiger charge is 2.23. The van der Waals surface area contributed by atoms with Gasteiger partial charge < -0.3 is 14.4 Å². The maximum absolute atomic E-state index is 12.8. The van der Waals surface area contributed by atoms with Crippen LogP contribution < -0.4 is 0 Å². The topological polar surface area (TPSA) is 73.7 Å². The van der Waals surface area contributed by atoms with E-state index in [4.69, 9.17) is 21.1 Å². The molecule has 8 heteroatoms. The largest absolute Gasteiger partial charge is 0.452 e. The van der Waals surface area contributed by atoms with Crippen LogP contribution >= 0.6 is 11.6 Å². The van der Waals surface area contributed by atoms with Gasteiger partial charge in [0.1, 0.15) is 11.3 Å². The number of para-hydroxylation sites is 1. The average Bonchev–Trinajstić information content (AvgIpc) is 3.24. The van der Waals surface area contributed by atoms with Crippen molar-refractivity contribution in [2.24, 2.45) is 0 Å². The molecular formula is C22H20ClN3O4. The van der Waals surface area contributed by atoms with Crippen LogP contribution in [0, 0.1) is 0 Å². The molecule has 1 aromatic heterocycles. The van der Waals surface area contributed by atoms with Crippen molar-refractivity contribution in [2.75, 3.05) is 32.9 Å². The summed E-state index contributed by atoms with van der Waals surface area (Å²) in [6.45, 7) is 1.65. The molecule has 1 saturated heterocycles. The molecule has 0 aliphatic carbocycles. The van der Waals surface area contributed by atoms with E-state index < -0.39 is 5.97 Å². The van der Waals surface area contributed by atoms with Crippen molar-refractivity contribution >= 4 is 23.5 Å². The van der Waals surface area contributed by atoms with Gasteiger partial charge in [-0.1, -0.05) is 41.9 Å². The minimum atomic E-state index is -0.608. The third-order valence-corrected chi connectivity index (χ3v) is 5.02. The number of halogens is 1. The first-order valence-electron chi connectivity index (χ1n) is 9.55. The summed E-state index contributed by atoms with van der Waals surface area (Å²) in [5, 5.41) is 5.16. The summed E-state index contributed by atoms with van der Waals surface area (Å²) >= 11 is 5.99. The zero-order valence-corrected chi connectivity index (χ0v) is 16.9. The van der Waals surface area contributed by atoms with E-state index in [0.717, 1.165) is 11.3 Å². The van der Waals surface area contributed by atoms with E-state index in [1.54, 1.807) is 40.0 Å². The van der Waals surface area contributed by atoms with Gasteiger partial charge in [0.15, 0.2) is 6.61 Å². The highest BCUT2D eigenvalue weighted by atomic mass is 35.5. The molecule has 1 fully saturated rings. The molecule has 3 aromatic rings. The number of esters is 1. The number of hydrogen-bond acceptors (Lipinski definition) is 5. The van der Waals surface area contributed by atoms with Gasteiger partial charge in [0.25, 0.3) is 5.91 Å². The summed E-state index contributed by atoms with van der Waals surface area (Å²) in [4.78, 5) is 26.8. The standard InChI is InChI=1S/C22H20ClN3O4/c23-17-8-6-16(7-9-17)21-19(14-26(24-21)18-4-2-1-3-5-18)22(28)30-15-20(27)25-10-12-29-13-11-25/h1-9,14H,10-13,15H2.